The molecule has 0 saturated carbocycles. The van der Waals surface area contributed by atoms with Gasteiger partial charge in [-0.2, -0.15) is 4.72 Å². The van der Waals surface area contributed by atoms with Crippen LogP contribution in [-0.4, -0.2) is 42.2 Å². The molecule has 1 aromatic carbocycles. The van der Waals surface area contributed by atoms with Gasteiger partial charge in [-0.15, -0.1) is 0 Å². The number of hydrogen-bond acceptors (Lipinski definition) is 6. The second-order valence-electron chi connectivity index (χ2n) is 4.23. The fourth-order valence-electron chi connectivity index (χ4n) is 1.60. The monoisotopic (exact) mass is 318 g/mol. The van der Waals surface area contributed by atoms with Crippen LogP contribution in [0.4, 0.5) is 5.69 Å². The van der Waals surface area contributed by atoms with E-state index in [2.05, 4.69) is 0 Å². The molecule has 0 aliphatic carbocycles. The first-order valence-electron chi connectivity index (χ1n) is 5.80. The maximum Gasteiger partial charge on any atom is 0.321 e. The SMILES string of the molecule is Cc1ccc([N+](=O)[O-])cc1S(=O)(=O)N[C@@H](CCO)C(=O)O. The number of carboxylic acids is 1. The molecule has 0 fully saturated rings. The highest BCUT2D eigenvalue weighted by molar-refractivity contribution is 7.89. The zero-order chi connectivity index (χ0) is 16.2. The lowest BCUT2D eigenvalue weighted by Gasteiger charge is -2.14. The summed E-state index contributed by atoms with van der Waals surface area (Å²) in [5, 5.41) is 28.3. The van der Waals surface area contributed by atoms with Gasteiger partial charge in [-0.05, 0) is 18.9 Å². The summed E-state index contributed by atoms with van der Waals surface area (Å²) in [5.41, 5.74) is -0.184. The lowest BCUT2D eigenvalue weighted by atomic mass is 10.2. The van der Waals surface area contributed by atoms with E-state index in [0.29, 0.717) is 0 Å². The minimum Gasteiger partial charge on any atom is -0.480 e. The fraction of sp³-hybridized carbons (Fsp3) is 0.364. The summed E-state index contributed by atoms with van der Waals surface area (Å²) in [6.07, 6.45) is -0.317. The van der Waals surface area contributed by atoms with Crippen molar-refractivity contribution in [2.75, 3.05) is 6.61 Å². The molecular weight excluding hydrogens is 304 g/mol. The van der Waals surface area contributed by atoms with Gasteiger partial charge in [0.25, 0.3) is 5.69 Å². The van der Waals surface area contributed by atoms with Crippen LogP contribution in [0.5, 0.6) is 0 Å². The summed E-state index contributed by atoms with van der Waals surface area (Å²) < 4.78 is 26.2. The molecule has 0 amide bonds. The van der Waals surface area contributed by atoms with E-state index in [9.17, 15) is 23.3 Å². The molecular formula is C11H14N2O7S. The smallest absolute Gasteiger partial charge is 0.321 e. The summed E-state index contributed by atoms with van der Waals surface area (Å²) in [5.74, 6) is -1.45. The number of aliphatic carboxylic acids is 1. The molecule has 0 aliphatic rings. The topological polar surface area (TPSA) is 147 Å². The van der Waals surface area contributed by atoms with Gasteiger partial charge >= 0.3 is 5.97 Å². The molecule has 21 heavy (non-hydrogen) atoms. The van der Waals surface area contributed by atoms with Crippen molar-refractivity contribution in [1.29, 1.82) is 0 Å². The molecule has 116 valence electrons. The Balaban J connectivity index is 3.21. The van der Waals surface area contributed by atoms with Gasteiger partial charge in [0.1, 0.15) is 6.04 Å². The van der Waals surface area contributed by atoms with Crippen LogP contribution in [0.25, 0.3) is 0 Å². The minimum atomic E-state index is -4.26. The van der Waals surface area contributed by atoms with Crippen LogP contribution in [0, 0.1) is 17.0 Å². The molecule has 0 bridgehead atoms. The van der Waals surface area contributed by atoms with Gasteiger partial charge in [0.05, 0.1) is 9.82 Å². The summed E-state index contributed by atoms with van der Waals surface area (Å²) in [7, 11) is -4.26. The van der Waals surface area contributed by atoms with Crippen molar-refractivity contribution in [2.45, 2.75) is 24.3 Å². The zero-order valence-corrected chi connectivity index (χ0v) is 11.8. The number of rotatable bonds is 7. The van der Waals surface area contributed by atoms with Crippen molar-refractivity contribution >= 4 is 21.7 Å². The second-order valence-corrected chi connectivity index (χ2v) is 5.91. The number of carboxylic acid groups (broad SMARTS) is 1. The number of benzene rings is 1. The number of nitrogens with one attached hydrogen (secondary N) is 1. The van der Waals surface area contributed by atoms with Crippen LogP contribution >= 0.6 is 0 Å². The van der Waals surface area contributed by atoms with E-state index in [-0.39, 0.29) is 16.9 Å². The summed E-state index contributed by atoms with van der Waals surface area (Å²) in [6, 6.07) is 1.75. The minimum absolute atomic E-state index is 0.237. The molecule has 0 aliphatic heterocycles. The second kappa shape index (κ2) is 6.61. The van der Waals surface area contributed by atoms with Gasteiger partial charge < -0.3 is 10.2 Å². The van der Waals surface area contributed by atoms with Crippen LogP contribution in [0.15, 0.2) is 23.1 Å². The Morgan fingerprint density at radius 1 is 1.48 bits per heavy atom. The number of nitro benzene ring substituents is 1. The van der Waals surface area contributed by atoms with Crippen LogP contribution < -0.4 is 4.72 Å². The first kappa shape index (κ1) is 17.0. The highest BCUT2D eigenvalue weighted by atomic mass is 32.2. The van der Waals surface area contributed by atoms with Gasteiger partial charge in [-0.25, -0.2) is 8.42 Å². The van der Waals surface area contributed by atoms with Gasteiger partial charge in [-0.1, -0.05) is 6.07 Å². The molecule has 0 spiro atoms. The number of carbonyl (C=O) groups is 1. The molecule has 1 atom stereocenters. The van der Waals surface area contributed by atoms with E-state index < -0.39 is 39.3 Å². The number of aliphatic hydroxyl groups excluding tert-OH is 1. The fourth-order valence-corrected chi connectivity index (χ4v) is 3.09. The number of aliphatic hydroxyl groups is 1. The van der Waals surface area contributed by atoms with Crippen molar-refractivity contribution in [3.8, 4) is 0 Å². The number of non-ortho nitro benzene ring substituents is 1. The molecule has 10 heteroatoms. The first-order valence-corrected chi connectivity index (χ1v) is 7.28. The van der Waals surface area contributed by atoms with Crippen LogP contribution in [0.1, 0.15) is 12.0 Å². The van der Waals surface area contributed by atoms with Gasteiger partial charge in [-0.3, -0.25) is 14.9 Å². The zero-order valence-electron chi connectivity index (χ0n) is 11.0. The lowest BCUT2D eigenvalue weighted by molar-refractivity contribution is -0.385. The van der Waals surface area contributed by atoms with E-state index >= 15 is 0 Å². The van der Waals surface area contributed by atoms with Crippen LogP contribution in [-0.2, 0) is 14.8 Å². The Bertz CT molecular complexity index is 657. The molecule has 0 aromatic heterocycles. The molecule has 1 aromatic rings. The summed E-state index contributed by atoms with van der Waals surface area (Å²) >= 11 is 0. The largest absolute Gasteiger partial charge is 0.480 e. The van der Waals surface area contributed by atoms with Gasteiger partial charge in [0, 0.05) is 18.7 Å². The van der Waals surface area contributed by atoms with E-state index in [1.807, 2.05) is 4.72 Å². The summed E-state index contributed by atoms with van der Waals surface area (Å²) in [4.78, 5) is 20.5. The average molecular weight is 318 g/mol. The molecule has 0 unspecified atom stereocenters. The van der Waals surface area contributed by atoms with Crippen LogP contribution in [0.2, 0.25) is 0 Å². The van der Waals surface area contributed by atoms with Crippen molar-refractivity contribution in [3.05, 3.63) is 33.9 Å². The predicted octanol–water partition coefficient (Wildman–Crippen LogP) is 0.0171. The Kier molecular flexibility index (Phi) is 5.35. The quantitative estimate of drug-likeness (QED) is 0.474. The third-order valence-corrected chi connectivity index (χ3v) is 4.30. The standard InChI is InChI=1S/C11H14N2O7S/c1-7-2-3-8(13(17)18)6-10(7)21(19,20)12-9(4-5-14)11(15)16/h2-3,6,9,12,14H,4-5H2,1H3,(H,15,16)/t9-/m0/s1. The number of sulfonamides is 1. The third kappa shape index (κ3) is 4.21. The van der Waals surface area contributed by atoms with E-state index in [1.165, 1.54) is 13.0 Å². The first-order chi connectivity index (χ1) is 9.69. The molecule has 0 saturated heterocycles. The number of aryl methyl sites for hydroxylation is 1. The number of nitrogens with zero attached hydrogens (tertiary/aromatic N) is 1. The highest BCUT2D eigenvalue weighted by Crippen LogP contribution is 2.22. The average Bonchev–Trinajstić information content (AvgIpc) is 2.37. The molecule has 0 heterocycles. The molecule has 3 N–H and O–H groups in total. The number of nitro groups is 1. The maximum atomic E-state index is 12.1. The normalized spacial score (nSPS) is 12.9. The Morgan fingerprint density at radius 2 is 2.10 bits per heavy atom. The summed E-state index contributed by atoms with van der Waals surface area (Å²) in [6.45, 7) is 0.910. The Hall–Kier alpha value is -2.04. The lowest BCUT2D eigenvalue weighted by Crippen LogP contribution is -2.41. The maximum absolute atomic E-state index is 12.1. The highest BCUT2D eigenvalue weighted by Gasteiger charge is 2.27. The Morgan fingerprint density at radius 3 is 2.57 bits per heavy atom. The van der Waals surface area contributed by atoms with Crippen LogP contribution in [0.3, 0.4) is 0 Å². The van der Waals surface area contributed by atoms with E-state index in [0.717, 1.165) is 12.1 Å². The van der Waals surface area contributed by atoms with Crippen molar-refractivity contribution in [1.82, 2.24) is 4.72 Å². The van der Waals surface area contributed by atoms with Gasteiger partial charge in [0.2, 0.25) is 10.0 Å². The molecule has 1 rings (SSSR count). The van der Waals surface area contributed by atoms with Crippen molar-refractivity contribution < 1.29 is 28.3 Å². The molecule has 9 nitrogen and oxygen atoms in total. The van der Waals surface area contributed by atoms with E-state index in [1.54, 1.807) is 0 Å². The predicted molar refractivity (Wildman–Crippen MR) is 71.3 cm³/mol. The van der Waals surface area contributed by atoms with Crippen molar-refractivity contribution in [2.24, 2.45) is 0 Å². The van der Waals surface area contributed by atoms with Gasteiger partial charge in [0.15, 0.2) is 0 Å². The molecule has 0 radical (unpaired) electrons. The van der Waals surface area contributed by atoms with Crippen molar-refractivity contribution in [3.63, 3.8) is 0 Å². The number of hydrogen-bond donors (Lipinski definition) is 3. The Labute approximate surface area is 120 Å². The third-order valence-electron chi connectivity index (χ3n) is 2.69. The van der Waals surface area contributed by atoms with E-state index in [4.69, 9.17) is 10.2 Å².